The van der Waals surface area contributed by atoms with Crippen molar-refractivity contribution in [2.75, 3.05) is 6.61 Å². The van der Waals surface area contributed by atoms with Crippen LogP contribution in [0.15, 0.2) is 36.4 Å². The number of hydrogen-bond acceptors (Lipinski definition) is 2. The molecule has 1 N–H and O–H groups in total. The molecule has 20 heavy (non-hydrogen) atoms. The zero-order valence-electron chi connectivity index (χ0n) is 10.8. The van der Waals surface area contributed by atoms with Gasteiger partial charge in [-0.3, -0.25) is 0 Å². The second-order valence-electron chi connectivity index (χ2n) is 4.92. The zero-order valence-corrected chi connectivity index (χ0v) is 10.8. The van der Waals surface area contributed by atoms with Crippen molar-refractivity contribution in [1.82, 2.24) is 0 Å². The van der Waals surface area contributed by atoms with Gasteiger partial charge in [0.05, 0.1) is 6.61 Å². The Bertz CT molecular complexity index is 620. The molecule has 0 aliphatic carbocycles. The van der Waals surface area contributed by atoms with E-state index in [4.69, 9.17) is 4.74 Å². The van der Waals surface area contributed by atoms with Crippen molar-refractivity contribution in [2.45, 2.75) is 18.9 Å². The normalized spacial score (nSPS) is 15.3. The highest BCUT2D eigenvalue weighted by atomic mass is 19.1. The fraction of sp³-hybridized carbons (Fsp3) is 0.250. The molecule has 0 amide bonds. The number of benzene rings is 2. The number of aryl methyl sites for hydroxylation is 1. The van der Waals surface area contributed by atoms with Gasteiger partial charge in [0.1, 0.15) is 23.5 Å². The lowest BCUT2D eigenvalue weighted by atomic mass is 9.97. The molecule has 1 unspecified atom stereocenters. The molecule has 1 aliphatic rings. The van der Waals surface area contributed by atoms with Gasteiger partial charge in [-0.25, -0.2) is 8.78 Å². The van der Waals surface area contributed by atoms with E-state index in [1.165, 1.54) is 0 Å². The largest absolute Gasteiger partial charge is 0.493 e. The smallest absolute Gasteiger partial charge is 0.126 e. The van der Waals surface area contributed by atoms with E-state index in [-0.39, 0.29) is 5.56 Å². The minimum absolute atomic E-state index is 0.208. The Morgan fingerprint density at radius 2 is 1.75 bits per heavy atom. The first-order chi connectivity index (χ1) is 9.63. The van der Waals surface area contributed by atoms with Gasteiger partial charge in [0, 0.05) is 6.07 Å². The molecule has 1 heterocycles. The topological polar surface area (TPSA) is 29.5 Å². The molecule has 0 saturated carbocycles. The Morgan fingerprint density at radius 3 is 2.50 bits per heavy atom. The van der Waals surface area contributed by atoms with E-state index in [1.807, 2.05) is 6.07 Å². The summed E-state index contributed by atoms with van der Waals surface area (Å²) in [5.41, 5.74) is 1.84. The molecule has 1 atom stereocenters. The second-order valence-corrected chi connectivity index (χ2v) is 4.92. The average Bonchev–Trinajstić information content (AvgIpc) is 2.45. The number of halogens is 2. The molecule has 104 valence electrons. The average molecular weight is 276 g/mol. The van der Waals surface area contributed by atoms with Crippen LogP contribution in [0.1, 0.15) is 29.2 Å². The highest BCUT2D eigenvalue weighted by Crippen LogP contribution is 2.30. The molecule has 0 fully saturated rings. The standard InChI is InChI=1S/C16H14F2O2/c17-13-7-12(8-14(18)9-13)16(19)11-3-4-15-10(6-11)2-1-5-20-15/h3-4,6-9,16,19H,1-2,5H2. The van der Waals surface area contributed by atoms with Gasteiger partial charge in [0.2, 0.25) is 0 Å². The fourth-order valence-electron chi connectivity index (χ4n) is 2.48. The van der Waals surface area contributed by atoms with Gasteiger partial charge in [-0.1, -0.05) is 6.07 Å². The van der Waals surface area contributed by atoms with Crippen molar-refractivity contribution >= 4 is 0 Å². The van der Waals surface area contributed by atoms with Crippen molar-refractivity contribution in [2.24, 2.45) is 0 Å². The van der Waals surface area contributed by atoms with Gasteiger partial charge in [-0.05, 0) is 53.8 Å². The third-order valence-electron chi connectivity index (χ3n) is 3.45. The molecule has 0 bridgehead atoms. The lowest BCUT2D eigenvalue weighted by Crippen LogP contribution is -2.09. The number of aliphatic hydroxyl groups excluding tert-OH is 1. The first-order valence-electron chi connectivity index (χ1n) is 6.53. The maximum Gasteiger partial charge on any atom is 0.126 e. The summed E-state index contributed by atoms with van der Waals surface area (Å²) in [4.78, 5) is 0. The van der Waals surface area contributed by atoms with E-state index >= 15 is 0 Å². The van der Waals surface area contributed by atoms with Crippen LogP contribution in [-0.2, 0) is 6.42 Å². The summed E-state index contributed by atoms with van der Waals surface area (Å²) in [5.74, 6) is -0.571. The van der Waals surface area contributed by atoms with Crippen molar-refractivity contribution < 1.29 is 18.6 Å². The molecule has 2 aromatic carbocycles. The lowest BCUT2D eigenvalue weighted by molar-refractivity contribution is 0.218. The fourth-order valence-corrected chi connectivity index (χ4v) is 2.48. The van der Waals surface area contributed by atoms with Crippen LogP contribution in [0.5, 0.6) is 5.75 Å². The van der Waals surface area contributed by atoms with Crippen molar-refractivity contribution in [3.8, 4) is 5.75 Å². The Labute approximate surface area is 115 Å². The molecule has 2 nitrogen and oxygen atoms in total. The van der Waals surface area contributed by atoms with E-state index in [0.29, 0.717) is 12.2 Å². The highest BCUT2D eigenvalue weighted by molar-refractivity contribution is 5.41. The molecular formula is C16H14F2O2. The maximum atomic E-state index is 13.2. The summed E-state index contributed by atoms with van der Waals surface area (Å²) >= 11 is 0. The Kier molecular flexibility index (Phi) is 3.40. The van der Waals surface area contributed by atoms with Crippen LogP contribution in [0.2, 0.25) is 0 Å². The number of aliphatic hydroxyl groups is 1. The number of rotatable bonds is 2. The van der Waals surface area contributed by atoms with Crippen LogP contribution in [0, 0.1) is 11.6 Å². The molecular weight excluding hydrogens is 262 g/mol. The van der Waals surface area contributed by atoms with E-state index in [1.54, 1.807) is 12.1 Å². The van der Waals surface area contributed by atoms with Crippen LogP contribution in [-0.4, -0.2) is 11.7 Å². The highest BCUT2D eigenvalue weighted by Gasteiger charge is 2.16. The number of ether oxygens (including phenoxy) is 1. The summed E-state index contributed by atoms with van der Waals surface area (Å²) < 4.78 is 31.9. The molecule has 0 radical (unpaired) electrons. The number of fused-ring (bicyclic) bond motifs is 1. The summed E-state index contributed by atoms with van der Waals surface area (Å²) in [6.45, 7) is 0.698. The monoisotopic (exact) mass is 276 g/mol. The van der Waals surface area contributed by atoms with Gasteiger partial charge < -0.3 is 9.84 Å². The molecule has 0 spiro atoms. The van der Waals surface area contributed by atoms with Crippen molar-refractivity contribution in [1.29, 1.82) is 0 Å². The van der Waals surface area contributed by atoms with E-state index in [9.17, 15) is 13.9 Å². The van der Waals surface area contributed by atoms with Crippen molar-refractivity contribution in [3.63, 3.8) is 0 Å². The molecule has 0 saturated heterocycles. The second kappa shape index (κ2) is 5.21. The van der Waals surface area contributed by atoms with Crippen molar-refractivity contribution in [3.05, 3.63) is 64.7 Å². The SMILES string of the molecule is OC(c1cc(F)cc(F)c1)c1ccc2c(c1)CCCO2. The number of hydrogen-bond donors (Lipinski definition) is 1. The molecule has 4 heteroatoms. The van der Waals surface area contributed by atoms with Crippen LogP contribution in [0.25, 0.3) is 0 Å². The minimum Gasteiger partial charge on any atom is -0.493 e. The molecule has 2 aromatic rings. The van der Waals surface area contributed by atoms with Crippen LogP contribution in [0.3, 0.4) is 0 Å². The summed E-state index contributed by atoms with van der Waals surface area (Å²) in [7, 11) is 0. The third kappa shape index (κ3) is 2.51. The summed E-state index contributed by atoms with van der Waals surface area (Å²) in [6.07, 6.45) is 0.765. The summed E-state index contributed by atoms with van der Waals surface area (Å²) in [5, 5.41) is 10.3. The van der Waals surface area contributed by atoms with E-state index in [2.05, 4.69) is 0 Å². The first-order valence-corrected chi connectivity index (χ1v) is 6.53. The van der Waals surface area contributed by atoms with Crippen LogP contribution >= 0.6 is 0 Å². The predicted molar refractivity (Wildman–Crippen MR) is 70.7 cm³/mol. The molecule has 3 rings (SSSR count). The minimum atomic E-state index is -1.05. The molecule has 0 aromatic heterocycles. The first kappa shape index (κ1) is 13.1. The maximum absolute atomic E-state index is 13.2. The van der Waals surface area contributed by atoms with E-state index < -0.39 is 17.7 Å². The zero-order chi connectivity index (χ0) is 14.1. The Hall–Kier alpha value is -1.94. The molecule has 1 aliphatic heterocycles. The third-order valence-corrected chi connectivity index (χ3v) is 3.45. The van der Waals surface area contributed by atoms with Crippen LogP contribution < -0.4 is 4.74 Å². The summed E-state index contributed by atoms with van der Waals surface area (Å²) in [6, 6.07) is 8.42. The van der Waals surface area contributed by atoms with Gasteiger partial charge in [-0.15, -0.1) is 0 Å². The predicted octanol–water partition coefficient (Wildman–Crippen LogP) is 3.37. The van der Waals surface area contributed by atoms with Gasteiger partial charge in [0.15, 0.2) is 0 Å². The van der Waals surface area contributed by atoms with Crippen LogP contribution in [0.4, 0.5) is 8.78 Å². The van der Waals surface area contributed by atoms with Gasteiger partial charge in [-0.2, -0.15) is 0 Å². The van der Waals surface area contributed by atoms with Gasteiger partial charge >= 0.3 is 0 Å². The van der Waals surface area contributed by atoms with Gasteiger partial charge in [0.25, 0.3) is 0 Å². The van der Waals surface area contributed by atoms with E-state index in [0.717, 1.165) is 42.4 Å². The quantitative estimate of drug-likeness (QED) is 0.911. The Morgan fingerprint density at radius 1 is 1.00 bits per heavy atom. The Balaban J connectivity index is 1.95. The lowest BCUT2D eigenvalue weighted by Gasteiger charge is -2.19.